The second-order valence-electron chi connectivity index (χ2n) is 5.27. The molecule has 3 heterocycles. The first-order valence-electron chi connectivity index (χ1n) is 6.95. The van der Waals surface area contributed by atoms with E-state index in [2.05, 4.69) is 20.3 Å². The van der Waals surface area contributed by atoms with Crippen LogP contribution < -0.4 is 5.32 Å². The molecule has 2 N–H and O–H groups in total. The van der Waals surface area contributed by atoms with E-state index in [-0.39, 0.29) is 5.91 Å². The largest absolute Gasteiger partial charge is 0.358 e. The van der Waals surface area contributed by atoms with Crippen molar-refractivity contribution in [1.82, 2.24) is 20.3 Å². The number of carbonyl (C=O) groups excluding carboxylic acids is 1. The summed E-state index contributed by atoms with van der Waals surface area (Å²) in [5.41, 5.74) is 6.22. The predicted octanol–water partition coefficient (Wildman–Crippen LogP) is 2.22. The van der Waals surface area contributed by atoms with E-state index < -0.39 is 0 Å². The number of aryl methyl sites for hydroxylation is 1. The highest BCUT2D eigenvalue weighted by Gasteiger charge is 2.20. The van der Waals surface area contributed by atoms with Gasteiger partial charge in [-0.05, 0) is 19.1 Å². The van der Waals surface area contributed by atoms with Crippen LogP contribution in [0.4, 0.5) is 0 Å². The van der Waals surface area contributed by atoms with Crippen LogP contribution in [0.25, 0.3) is 22.3 Å². The number of aromatic amines is 1. The zero-order valence-corrected chi connectivity index (χ0v) is 11.6. The van der Waals surface area contributed by atoms with E-state index in [1.165, 1.54) is 0 Å². The summed E-state index contributed by atoms with van der Waals surface area (Å²) >= 11 is 0. The van der Waals surface area contributed by atoms with Crippen LogP contribution in [0, 0.1) is 6.92 Å². The number of fused-ring (bicyclic) bond motifs is 2. The summed E-state index contributed by atoms with van der Waals surface area (Å²) in [4.78, 5) is 24.2. The zero-order valence-electron chi connectivity index (χ0n) is 11.6. The number of para-hydroxylation sites is 1. The van der Waals surface area contributed by atoms with Crippen molar-refractivity contribution in [3.63, 3.8) is 0 Å². The van der Waals surface area contributed by atoms with Crippen molar-refractivity contribution in [2.75, 3.05) is 6.54 Å². The molecule has 0 saturated heterocycles. The van der Waals surface area contributed by atoms with Gasteiger partial charge < -0.3 is 10.3 Å². The van der Waals surface area contributed by atoms with E-state index in [1.54, 1.807) is 6.20 Å². The van der Waals surface area contributed by atoms with Gasteiger partial charge >= 0.3 is 0 Å². The number of hydrogen-bond donors (Lipinski definition) is 2. The van der Waals surface area contributed by atoms with E-state index in [4.69, 9.17) is 0 Å². The molecule has 0 spiro atoms. The second kappa shape index (κ2) is 4.41. The summed E-state index contributed by atoms with van der Waals surface area (Å²) in [6, 6.07) is 7.82. The molecule has 0 bridgehead atoms. The Labute approximate surface area is 121 Å². The highest BCUT2D eigenvalue weighted by atomic mass is 16.1. The van der Waals surface area contributed by atoms with Crippen molar-refractivity contribution in [2.24, 2.45) is 0 Å². The molecular weight excluding hydrogens is 264 g/mol. The molecule has 0 radical (unpaired) electrons. The highest BCUT2D eigenvalue weighted by molar-refractivity contribution is 5.99. The van der Waals surface area contributed by atoms with Gasteiger partial charge in [-0.1, -0.05) is 12.1 Å². The maximum absolute atomic E-state index is 11.9. The quantitative estimate of drug-likeness (QED) is 0.717. The number of nitrogens with one attached hydrogen (secondary N) is 2. The summed E-state index contributed by atoms with van der Waals surface area (Å²) in [7, 11) is 0. The van der Waals surface area contributed by atoms with Crippen LogP contribution in [-0.4, -0.2) is 27.4 Å². The van der Waals surface area contributed by atoms with Crippen LogP contribution in [0.15, 0.2) is 30.5 Å². The third kappa shape index (κ3) is 1.89. The van der Waals surface area contributed by atoms with Crippen LogP contribution in [0.1, 0.15) is 21.7 Å². The zero-order chi connectivity index (χ0) is 14.4. The monoisotopic (exact) mass is 278 g/mol. The lowest BCUT2D eigenvalue weighted by Crippen LogP contribution is -2.31. The third-order valence-corrected chi connectivity index (χ3v) is 3.79. The first kappa shape index (κ1) is 12.1. The van der Waals surface area contributed by atoms with Crippen LogP contribution in [0.2, 0.25) is 0 Å². The van der Waals surface area contributed by atoms with Crippen molar-refractivity contribution in [3.05, 3.63) is 47.4 Å². The first-order valence-corrected chi connectivity index (χ1v) is 6.95. The minimum absolute atomic E-state index is 0.0130. The Balaban J connectivity index is 1.93. The highest BCUT2D eigenvalue weighted by Crippen LogP contribution is 2.28. The molecule has 0 aliphatic carbocycles. The fourth-order valence-electron chi connectivity index (χ4n) is 2.79. The molecule has 0 unspecified atom stereocenters. The fourth-order valence-corrected chi connectivity index (χ4v) is 2.79. The Hall–Kier alpha value is -2.69. The first-order chi connectivity index (χ1) is 10.2. The molecule has 1 aromatic carbocycles. The van der Waals surface area contributed by atoms with Crippen LogP contribution in [0.3, 0.4) is 0 Å². The Kier molecular flexibility index (Phi) is 2.54. The average molecular weight is 278 g/mol. The van der Waals surface area contributed by atoms with E-state index in [9.17, 15) is 4.79 Å². The standard InChI is InChI=1S/C16H14N4O/c1-9-8-18-15-10(3-2-4-13(15)19-9)14-7-11-12(20-14)5-6-17-16(11)21/h2-4,7-8,20H,5-6H2,1H3,(H,17,21). The molecule has 1 aliphatic heterocycles. The Morgan fingerprint density at radius 3 is 3.00 bits per heavy atom. The molecule has 21 heavy (non-hydrogen) atoms. The molecule has 0 saturated carbocycles. The van der Waals surface area contributed by atoms with Gasteiger partial charge in [0.2, 0.25) is 0 Å². The summed E-state index contributed by atoms with van der Waals surface area (Å²) in [5, 5.41) is 2.86. The van der Waals surface area contributed by atoms with E-state index >= 15 is 0 Å². The Bertz CT molecular complexity index is 866. The summed E-state index contributed by atoms with van der Waals surface area (Å²) < 4.78 is 0. The van der Waals surface area contributed by atoms with E-state index in [0.717, 1.165) is 45.7 Å². The van der Waals surface area contributed by atoms with Crippen LogP contribution in [-0.2, 0) is 6.42 Å². The van der Waals surface area contributed by atoms with Gasteiger partial charge in [0.25, 0.3) is 5.91 Å². The van der Waals surface area contributed by atoms with E-state index in [0.29, 0.717) is 6.54 Å². The smallest absolute Gasteiger partial charge is 0.253 e. The van der Waals surface area contributed by atoms with Crippen LogP contribution in [0.5, 0.6) is 0 Å². The molecule has 5 nitrogen and oxygen atoms in total. The second-order valence-corrected chi connectivity index (χ2v) is 5.27. The normalized spacial score (nSPS) is 14.0. The number of amides is 1. The van der Waals surface area contributed by atoms with Gasteiger partial charge in [-0.3, -0.25) is 9.78 Å². The molecule has 3 aromatic rings. The van der Waals surface area contributed by atoms with Crippen molar-refractivity contribution in [2.45, 2.75) is 13.3 Å². The molecule has 5 heteroatoms. The topological polar surface area (TPSA) is 70.7 Å². The lowest BCUT2D eigenvalue weighted by Gasteiger charge is -2.11. The van der Waals surface area contributed by atoms with Crippen molar-refractivity contribution in [1.29, 1.82) is 0 Å². The number of benzene rings is 1. The summed E-state index contributed by atoms with van der Waals surface area (Å²) in [6.45, 7) is 2.61. The van der Waals surface area contributed by atoms with Gasteiger partial charge in [0, 0.05) is 36.1 Å². The average Bonchev–Trinajstić information content (AvgIpc) is 2.91. The number of aromatic nitrogens is 3. The predicted molar refractivity (Wildman–Crippen MR) is 80.1 cm³/mol. The molecular formula is C16H14N4O. The van der Waals surface area contributed by atoms with Gasteiger partial charge in [0.15, 0.2) is 0 Å². The molecule has 104 valence electrons. The molecule has 2 aromatic heterocycles. The molecule has 1 aliphatic rings. The fraction of sp³-hybridized carbons (Fsp3) is 0.188. The van der Waals surface area contributed by atoms with E-state index in [1.807, 2.05) is 31.2 Å². The lowest BCUT2D eigenvalue weighted by atomic mass is 10.1. The summed E-state index contributed by atoms with van der Waals surface area (Å²) in [6.07, 6.45) is 2.60. The van der Waals surface area contributed by atoms with Crippen molar-refractivity contribution < 1.29 is 4.79 Å². The van der Waals surface area contributed by atoms with Gasteiger partial charge in [0.1, 0.15) is 0 Å². The lowest BCUT2D eigenvalue weighted by molar-refractivity contribution is 0.0946. The Morgan fingerprint density at radius 1 is 1.24 bits per heavy atom. The van der Waals surface area contributed by atoms with Crippen molar-refractivity contribution >= 4 is 16.9 Å². The van der Waals surface area contributed by atoms with Gasteiger partial charge in [-0.2, -0.15) is 0 Å². The number of rotatable bonds is 1. The minimum Gasteiger partial charge on any atom is -0.358 e. The number of hydrogen-bond acceptors (Lipinski definition) is 3. The minimum atomic E-state index is -0.0130. The van der Waals surface area contributed by atoms with Gasteiger partial charge in [-0.25, -0.2) is 4.98 Å². The van der Waals surface area contributed by atoms with Gasteiger partial charge in [0.05, 0.1) is 22.3 Å². The maximum Gasteiger partial charge on any atom is 0.253 e. The molecule has 4 rings (SSSR count). The number of carbonyl (C=O) groups is 1. The summed E-state index contributed by atoms with van der Waals surface area (Å²) in [5.74, 6) is -0.0130. The Morgan fingerprint density at radius 2 is 2.14 bits per heavy atom. The van der Waals surface area contributed by atoms with Crippen LogP contribution >= 0.6 is 0 Å². The maximum atomic E-state index is 11.9. The SMILES string of the molecule is Cc1cnc2c(-c3cc4c([nH]3)CCNC4=O)cccc2n1. The van der Waals surface area contributed by atoms with Gasteiger partial charge in [-0.15, -0.1) is 0 Å². The van der Waals surface area contributed by atoms with Crippen molar-refractivity contribution in [3.8, 4) is 11.3 Å². The third-order valence-electron chi connectivity index (χ3n) is 3.79. The molecule has 0 atom stereocenters. The number of nitrogens with zero attached hydrogens (tertiary/aromatic N) is 2. The molecule has 1 amide bonds. The molecule has 0 fully saturated rings. The number of H-pyrrole nitrogens is 1.